The number of rotatable bonds is 4. The fourth-order valence-corrected chi connectivity index (χ4v) is 1.93. The molecule has 1 atom stereocenters. The molecular weight excluding hydrogens is 246 g/mol. The lowest BCUT2D eigenvalue weighted by Crippen LogP contribution is -2.34. The molecule has 1 aromatic heterocycles. The smallest absolute Gasteiger partial charge is 0.270 e. The lowest BCUT2D eigenvalue weighted by Gasteiger charge is -2.11. The average molecular weight is 263 g/mol. The Labute approximate surface area is 112 Å². The van der Waals surface area contributed by atoms with E-state index < -0.39 is 0 Å². The van der Waals surface area contributed by atoms with Crippen LogP contribution in [0, 0.1) is 11.8 Å². The van der Waals surface area contributed by atoms with Gasteiger partial charge in [-0.3, -0.25) is 4.79 Å². The van der Waals surface area contributed by atoms with Crippen molar-refractivity contribution in [3.8, 4) is 11.8 Å². The minimum absolute atomic E-state index is 0.131. The molecule has 0 saturated carbocycles. The van der Waals surface area contributed by atoms with Crippen LogP contribution in [-0.4, -0.2) is 35.5 Å². The summed E-state index contributed by atoms with van der Waals surface area (Å²) < 4.78 is 0. The highest BCUT2D eigenvalue weighted by molar-refractivity contribution is 7.98. The molecule has 5 heteroatoms. The molecule has 0 fully saturated rings. The minimum Gasteiger partial charge on any atom is -0.347 e. The van der Waals surface area contributed by atoms with Gasteiger partial charge in [-0.2, -0.15) is 11.8 Å². The van der Waals surface area contributed by atoms with Gasteiger partial charge in [0.15, 0.2) is 0 Å². The monoisotopic (exact) mass is 263 g/mol. The third-order valence-corrected chi connectivity index (χ3v) is 2.96. The summed E-state index contributed by atoms with van der Waals surface area (Å²) >= 11 is 1.69. The molecule has 1 heterocycles. The maximum Gasteiger partial charge on any atom is 0.270 e. The summed E-state index contributed by atoms with van der Waals surface area (Å²) in [7, 11) is 0. The van der Waals surface area contributed by atoms with Crippen molar-refractivity contribution in [2.45, 2.75) is 13.0 Å². The van der Waals surface area contributed by atoms with Crippen LogP contribution in [0.5, 0.6) is 0 Å². The molecule has 18 heavy (non-hydrogen) atoms. The molecule has 0 aliphatic heterocycles. The van der Waals surface area contributed by atoms with Crippen molar-refractivity contribution < 1.29 is 4.79 Å². The average Bonchev–Trinajstić information content (AvgIpc) is 2.37. The zero-order valence-electron chi connectivity index (χ0n) is 10.6. The second kappa shape index (κ2) is 7.75. The molecule has 3 N–H and O–H groups in total. The second-order valence-corrected chi connectivity index (χ2v) is 4.68. The van der Waals surface area contributed by atoms with E-state index in [0.717, 1.165) is 11.3 Å². The van der Waals surface area contributed by atoms with E-state index in [1.807, 2.05) is 13.2 Å². The number of nitrogens with two attached hydrogens (primary N) is 1. The number of thioether (sulfide) groups is 1. The molecule has 0 aliphatic carbocycles. The number of hydrogen-bond donors (Lipinski definition) is 2. The second-order valence-electron chi connectivity index (χ2n) is 3.77. The minimum atomic E-state index is -0.158. The number of pyridine rings is 1. The molecular formula is C13H17N3OS. The van der Waals surface area contributed by atoms with E-state index >= 15 is 0 Å². The van der Waals surface area contributed by atoms with Gasteiger partial charge in [-0.05, 0) is 25.3 Å². The van der Waals surface area contributed by atoms with Crippen LogP contribution in [0.2, 0.25) is 0 Å². The predicted molar refractivity (Wildman–Crippen MR) is 75.5 cm³/mol. The van der Waals surface area contributed by atoms with Crippen LogP contribution in [-0.2, 0) is 0 Å². The van der Waals surface area contributed by atoms with E-state index in [1.54, 1.807) is 30.1 Å². The van der Waals surface area contributed by atoms with Gasteiger partial charge < -0.3 is 11.1 Å². The largest absolute Gasteiger partial charge is 0.347 e. The Balaban J connectivity index is 2.64. The van der Waals surface area contributed by atoms with E-state index in [-0.39, 0.29) is 11.9 Å². The van der Waals surface area contributed by atoms with Gasteiger partial charge in [0.25, 0.3) is 5.91 Å². The number of aromatic nitrogens is 1. The molecule has 0 saturated heterocycles. The zero-order valence-corrected chi connectivity index (χ0v) is 11.4. The lowest BCUT2D eigenvalue weighted by molar-refractivity contribution is 0.0939. The van der Waals surface area contributed by atoms with Crippen LogP contribution in [0.3, 0.4) is 0 Å². The number of nitrogens with zero attached hydrogens (tertiary/aromatic N) is 1. The summed E-state index contributed by atoms with van der Waals surface area (Å²) in [6, 6.07) is 3.57. The normalized spacial score (nSPS) is 11.3. The van der Waals surface area contributed by atoms with E-state index in [1.165, 1.54) is 0 Å². The maximum absolute atomic E-state index is 11.8. The predicted octanol–water partition coefficient (Wildman–Crippen LogP) is 0.873. The van der Waals surface area contributed by atoms with E-state index in [2.05, 4.69) is 22.1 Å². The Bertz CT molecular complexity index is 448. The first-order valence-corrected chi connectivity index (χ1v) is 7.01. The Hall–Kier alpha value is -1.51. The van der Waals surface area contributed by atoms with Crippen molar-refractivity contribution in [3.63, 3.8) is 0 Å². The van der Waals surface area contributed by atoms with Gasteiger partial charge in [-0.1, -0.05) is 11.8 Å². The van der Waals surface area contributed by atoms with Gasteiger partial charge in [0.05, 0.1) is 6.54 Å². The van der Waals surface area contributed by atoms with Crippen LogP contribution in [0.15, 0.2) is 18.3 Å². The van der Waals surface area contributed by atoms with Gasteiger partial charge in [-0.25, -0.2) is 4.98 Å². The first kappa shape index (κ1) is 14.6. The van der Waals surface area contributed by atoms with Gasteiger partial charge in [-0.15, -0.1) is 0 Å². The Morgan fingerprint density at radius 2 is 2.39 bits per heavy atom. The fraction of sp³-hybridized carbons (Fsp3) is 0.385. The quantitative estimate of drug-likeness (QED) is 0.791. The van der Waals surface area contributed by atoms with Gasteiger partial charge in [0, 0.05) is 23.6 Å². The topological polar surface area (TPSA) is 68.0 Å². The van der Waals surface area contributed by atoms with Crippen molar-refractivity contribution in [2.24, 2.45) is 5.73 Å². The highest BCUT2D eigenvalue weighted by Crippen LogP contribution is 2.01. The third-order valence-electron chi connectivity index (χ3n) is 2.13. The number of nitrogens with one attached hydrogen (secondary N) is 1. The molecule has 96 valence electrons. The summed E-state index contributed by atoms with van der Waals surface area (Å²) in [6.07, 6.45) is 3.59. The van der Waals surface area contributed by atoms with Crippen molar-refractivity contribution in [3.05, 3.63) is 29.6 Å². The van der Waals surface area contributed by atoms with E-state index in [4.69, 9.17) is 5.73 Å². The first-order chi connectivity index (χ1) is 8.67. The van der Waals surface area contributed by atoms with Crippen molar-refractivity contribution >= 4 is 17.7 Å². The number of carbonyl (C=O) groups excluding carboxylic acids is 1. The fourth-order valence-electron chi connectivity index (χ4n) is 1.34. The molecule has 1 aromatic rings. The van der Waals surface area contributed by atoms with Gasteiger partial charge in [0.2, 0.25) is 0 Å². The number of amides is 1. The zero-order chi connectivity index (χ0) is 13.4. The van der Waals surface area contributed by atoms with Crippen molar-refractivity contribution in [1.82, 2.24) is 10.3 Å². The maximum atomic E-state index is 11.8. The Morgan fingerprint density at radius 3 is 2.94 bits per heavy atom. The third kappa shape index (κ3) is 4.78. The van der Waals surface area contributed by atoms with Crippen LogP contribution >= 0.6 is 11.8 Å². The van der Waals surface area contributed by atoms with Crippen molar-refractivity contribution in [2.75, 3.05) is 18.6 Å². The van der Waals surface area contributed by atoms with Crippen LogP contribution in [0.4, 0.5) is 0 Å². The highest BCUT2D eigenvalue weighted by atomic mass is 32.2. The number of hydrogen-bond acceptors (Lipinski definition) is 4. The lowest BCUT2D eigenvalue weighted by atomic mass is 10.2. The van der Waals surface area contributed by atoms with Gasteiger partial charge >= 0.3 is 0 Å². The molecule has 0 spiro atoms. The number of carbonyl (C=O) groups is 1. The van der Waals surface area contributed by atoms with Crippen LogP contribution in [0.1, 0.15) is 23.0 Å². The summed E-state index contributed by atoms with van der Waals surface area (Å²) in [5.41, 5.74) is 6.44. The molecule has 1 rings (SSSR count). The summed E-state index contributed by atoms with van der Waals surface area (Å²) in [5.74, 6) is 6.32. The van der Waals surface area contributed by atoms with E-state index in [9.17, 15) is 4.79 Å². The van der Waals surface area contributed by atoms with Gasteiger partial charge in [0.1, 0.15) is 5.69 Å². The van der Waals surface area contributed by atoms with E-state index in [0.29, 0.717) is 12.2 Å². The van der Waals surface area contributed by atoms with Crippen molar-refractivity contribution in [1.29, 1.82) is 0 Å². The molecule has 0 bridgehead atoms. The summed E-state index contributed by atoms with van der Waals surface area (Å²) in [4.78, 5) is 15.9. The van der Waals surface area contributed by atoms with Crippen LogP contribution < -0.4 is 11.1 Å². The van der Waals surface area contributed by atoms with Crippen LogP contribution in [0.25, 0.3) is 0 Å². The molecule has 1 unspecified atom stereocenters. The molecule has 0 radical (unpaired) electrons. The molecule has 1 amide bonds. The Morgan fingerprint density at radius 1 is 1.61 bits per heavy atom. The summed E-state index contributed by atoms with van der Waals surface area (Å²) in [5, 5.41) is 2.88. The Kier molecular flexibility index (Phi) is 6.26. The standard InChI is InChI=1S/C13H17N3OS/c1-10(9-18-2)16-13(17)12-6-5-11(8-15-12)4-3-7-14/h5-6,8,10H,7,9,14H2,1-2H3,(H,16,17). The molecule has 4 nitrogen and oxygen atoms in total. The summed E-state index contributed by atoms with van der Waals surface area (Å²) in [6.45, 7) is 2.28. The highest BCUT2D eigenvalue weighted by Gasteiger charge is 2.10. The SMILES string of the molecule is CSCC(C)NC(=O)c1ccc(C#CCN)cn1. The molecule has 0 aliphatic rings. The molecule has 0 aromatic carbocycles. The first-order valence-electron chi connectivity index (χ1n) is 5.62.